The Morgan fingerprint density at radius 1 is 1.14 bits per heavy atom. The first-order valence-corrected chi connectivity index (χ1v) is 14.8. The van der Waals surface area contributed by atoms with E-state index in [1.807, 2.05) is 12.3 Å². The van der Waals surface area contributed by atoms with E-state index in [-0.39, 0.29) is 36.2 Å². The van der Waals surface area contributed by atoms with Crippen molar-refractivity contribution in [3.8, 4) is 6.19 Å². The van der Waals surface area contributed by atoms with Gasteiger partial charge in [-0.2, -0.15) is 5.26 Å². The fourth-order valence-corrected chi connectivity index (χ4v) is 5.46. The number of hydrogen-bond acceptors (Lipinski definition) is 8. The Hall–Kier alpha value is -4.85. The number of carbonyl (C=O) groups excluding carboxylic acids is 3. The maximum atomic E-state index is 14.7. The molecule has 2 aromatic carbocycles. The summed E-state index contributed by atoms with van der Waals surface area (Å²) in [7, 11) is 0. The fraction of sp³-hybridized carbons (Fsp3) is 0.394. The van der Waals surface area contributed by atoms with Gasteiger partial charge in [0.1, 0.15) is 5.82 Å². The van der Waals surface area contributed by atoms with Crippen molar-refractivity contribution < 1.29 is 18.8 Å². The second-order valence-electron chi connectivity index (χ2n) is 11.9. The van der Waals surface area contributed by atoms with Crippen molar-refractivity contribution in [3.05, 3.63) is 76.7 Å². The molecule has 3 aliphatic rings. The molecule has 0 radical (unpaired) electrons. The van der Waals surface area contributed by atoms with Gasteiger partial charge in [0.15, 0.2) is 12.0 Å². The van der Waals surface area contributed by atoms with Crippen LogP contribution in [0.3, 0.4) is 0 Å². The zero-order valence-corrected chi connectivity index (χ0v) is 24.4. The van der Waals surface area contributed by atoms with Gasteiger partial charge in [0.2, 0.25) is 0 Å². The van der Waals surface area contributed by atoms with Crippen LogP contribution >= 0.6 is 0 Å². The van der Waals surface area contributed by atoms with Gasteiger partial charge in [-0.1, -0.05) is 30.3 Å². The quantitative estimate of drug-likeness (QED) is 0.120. The molecule has 2 aromatic rings. The Labute approximate surface area is 255 Å². The Balaban J connectivity index is 1.16. The summed E-state index contributed by atoms with van der Waals surface area (Å²) in [5.74, 6) is -2.11. The number of carbonyl (C=O) groups is 3. The summed E-state index contributed by atoms with van der Waals surface area (Å²) in [4.78, 5) is 43.9. The van der Waals surface area contributed by atoms with E-state index in [9.17, 15) is 18.8 Å². The molecule has 0 bridgehead atoms. The number of hydrogen-bond donors (Lipinski definition) is 4. The van der Waals surface area contributed by atoms with E-state index >= 15 is 0 Å². The lowest BCUT2D eigenvalue weighted by Gasteiger charge is -2.34. The van der Waals surface area contributed by atoms with E-state index in [4.69, 9.17) is 16.4 Å². The molecule has 1 saturated heterocycles. The summed E-state index contributed by atoms with van der Waals surface area (Å²) >= 11 is 0. The number of amides is 2. The SMILES string of the molecule is N#CN1CC(CNC(=O)C(=O)NCc2ccccc2C(=O)CC(=N)CC2(c3cc(F)cc(C(C=NC4CC4)=CN)c3)CC2)C1. The van der Waals surface area contributed by atoms with E-state index in [2.05, 4.69) is 15.6 Å². The number of Topliss-reactive ketones (excluding diaryl/α,β-unsaturated/α-hetero) is 1. The number of nitrogens with one attached hydrogen (secondary N) is 3. The summed E-state index contributed by atoms with van der Waals surface area (Å²) < 4.78 is 14.7. The summed E-state index contributed by atoms with van der Waals surface area (Å²) in [6.45, 7) is 1.38. The first-order chi connectivity index (χ1) is 21.2. The Kier molecular flexibility index (Phi) is 9.18. The predicted octanol–water partition coefficient (Wildman–Crippen LogP) is 3.22. The number of halogens is 1. The normalized spacial score (nSPS) is 17.5. The highest BCUT2D eigenvalue weighted by atomic mass is 19.1. The number of rotatable bonds is 13. The van der Waals surface area contributed by atoms with Crippen LogP contribution in [0.2, 0.25) is 0 Å². The average Bonchev–Trinajstić information content (AvgIpc) is 3.92. The smallest absolute Gasteiger partial charge is 0.309 e. The molecule has 44 heavy (non-hydrogen) atoms. The van der Waals surface area contributed by atoms with Crippen molar-refractivity contribution in [2.24, 2.45) is 16.6 Å². The third-order valence-corrected chi connectivity index (χ3v) is 8.39. The van der Waals surface area contributed by atoms with E-state index < -0.39 is 17.2 Å². The van der Waals surface area contributed by atoms with Gasteiger partial charge in [-0.05, 0) is 60.9 Å². The van der Waals surface area contributed by atoms with E-state index in [0.29, 0.717) is 54.4 Å². The Morgan fingerprint density at radius 3 is 2.55 bits per heavy atom. The molecule has 3 fully saturated rings. The van der Waals surface area contributed by atoms with E-state index in [0.717, 1.165) is 31.2 Å². The van der Waals surface area contributed by atoms with Gasteiger partial charge in [0, 0.05) is 73.2 Å². The highest BCUT2D eigenvalue weighted by Crippen LogP contribution is 2.52. The predicted molar refractivity (Wildman–Crippen MR) is 164 cm³/mol. The second-order valence-corrected chi connectivity index (χ2v) is 11.9. The number of ketones is 1. The van der Waals surface area contributed by atoms with Gasteiger partial charge in [-0.15, -0.1) is 0 Å². The minimum Gasteiger partial charge on any atom is -0.404 e. The first kappa shape index (κ1) is 30.6. The Bertz CT molecular complexity index is 1560. The molecule has 2 aliphatic carbocycles. The third-order valence-electron chi connectivity index (χ3n) is 8.39. The molecule has 0 unspecified atom stereocenters. The lowest BCUT2D eigenvalue weighted by Crippen LogP contribution is -2.50. The molecule has 0 aromatic heterocycles. The fourth-order valence-electron chi connectivity index (χ4n) is 5.46. The number of allylic oxidation sites excluding steroid dienone is 1. The molecular formula is C33H36FN7O3. The molecule has 1 heterocycles. The third kappa shape index (κ3) is 7.56. The minimum absolute atomic E-state index is 0.0236. The van der Waals surface area contributed by atoms with Crippen LogP contribution in [0.1, 0.15) is 65.6 Å². The lowest BCUT2D eigenvalue weighted by atomic mass is 9.86. The van der Waals surface area contributed by atoms with Gasteiger partial charge < -0.3 is 26.7 Å². The second kappa shape index (κ2) is 13.2. The van der Waals surface area contributed by atoms with Gasteiger partial charge in [0.05, 0.1) is 6.04 Å². The van der Waals surface area contributed by atoms with Gasteiger partial charge in [0.25, 0.3) is 0 Å². The van der Waals surface area contributed by atoms with Gasteiger partial charge >= 0.3 is 11.8 Å². The first-order valence-electron chi connectivity index (χ1n) is 14.8. The van der Waals surface area contributed by atoms with E-state index in [1.165, 1.54) is 18.3 Å². The lowest BCUT2D eigenvalue weighted by molar-refractivity contribution is -0.139. The molecule has 5 N–H and O–H groups in total. The van der Waals surface area contributed by atoms with Crippen LogP contribution in [0, 0.1) is 28.6 Å². The van der Waals surface area contributed by atoms with Crippen LogP contribution < -0.4 is 16.4 Å². The van der Waals surface area contributed by atoms with Crippen LogP contribution in [0.25, 0.3) is 5.57 Å². The molecule has 1 aliphatic heterocycles. The number of nitrogens with zero attached hydrogens (tertiary/aromatic N) is 3. The number of likely N-dealkylation sites (tertiary alicyclic amines) is 1. The molecule has 0 spiro atoms. The molecule has 5 rings (SSSR count). The molecule has 2 saturated carbocycles. The van der Waals surface area contributed by atoms with Crippen molar-refractivity contribution in [1.82, 2.24) is 15.5 Å². The monoisotopic (exact) mass is 597 g/mol. The standard InChI is InChI=1S/C33H36FN7O3/c34-26-10-23(24(14-35)17-38-28-5-6-28)9-25(11-26)33(7-8-33)13-27(37)12-30(42)29-4-2-1-3-22(29)16-40-32(44)31(43)39-15-21-18-41(19-21)20-36/h1-4,9-11,14,17,21,28,37H,5-8,12-13,15-16,18-19,35H2,(H,39,43)(H,40,44). The van der Waals surface area contributed by atoms with Crippen LogP contribution in [-0.4, -0.2) is 60.1 Å². The average molecular weight is 598 g/mol. The molecular weight excluding hydrogens is 561 g/mol. The van der Waals surface area contributed by atoms with Gasteiger partial charge in [-0.3, -0.25) is 19.4 Å². The number of benzene rings is 2. The highest BCUT2D eigenvalue weighted by Gasteiger charge is 2.45. The number of aliphatic imine (C=N–C) groups is 1. The van der Waals surface area contributed by atoms with Crippen LogP contribution in [0.4, 0.5) is 4.39 Å². The molecule has 11 heteroatoms. The van der Waals surface area contributed by atoms with Crippen LogP contribution in [-0.2, 0) is 21.5 Å². The summed E-state index contributed by atoms with van der Waals surface area (Å²) in [6, 6.07) is 11.9. The summed E-state index contributed by atoms with van der Waals surface area (Å²) in [5.41, 5.74) is 8.64. The van der Waals surface area contributed by atoms with Crippen LogP contribution in [0.15, 0.2) is 53.7 Å². The number of nitrogens with two attached hydrogens (primary N) is 1. The summed E-state index contributed by atoms with van der Waals surface area (Å²) in [5, 5.41) is 22.6. The zero-order valence-electron chi connectivity index (χ0n) is 24.4. The molecule has 228 valence electrons. The highest BCUT2D eigenvalue weighted by molar-refractivity contribution is 6.35. The van der Waals surface area contributed by atoms with Crippen molar-refractivity contribution in [2.75, 3.05) is 19.6 Å². The Morgan fingerprint density at radius 2 is 1.86 bits per heavy atom. The molecule has 2 amide bonds. The topological polar surface area (TPSA) is 165 Å². The van der Waals surface area contributed by atoms with E-state index in [1.54, 1.807) is 35.4 Å². The zero-order chi connectivity index (χ0) is 31.3. The van der Waals surface area contributed by atoms with Gasteiger partial charge in [-0.25, -0.2) is 4.39 Å². The summed E-state index contributed by atoms with van der Waals surface area (Å²) in [6.07, 6.45) is 9.03. The van der Waals surface area contributed by atoms with Crippen molar-refractivity contribution in [1.29, 1.82) is 10.7 Å². The number of nitriles is 1. The maximum Gasteiger partial charge on any atom is 0.309 e. The molecule has 0 atom stereocenters. The van der Waals surface area contributed by atoms with Crippen molar-refractivity contribution in [2.45, 2.75) is 56.5 Å². The van der Waals surface area contributed by atoms with Crippen molar-refractivity contribution in [3.63, 3.8) is 0 Å². The minimum atomic E-state index is -0.812. The van der Waals surface area contributed by atoms with Crippen molar-refractivity contribution >= 4 is 35.1 Å². The maximum absolute atomic E-state index is 14.7. The largest absolute Gasteiger partial charge is 0.404 e. The molecule has 10 nitrogen and oxygen atoms in total. The van der Waals surface area contributed by atoms with Crippen LogP contribution in [0.5, 0.6) is 0 Å².